The van der Waals surface area contributed by atoms with Gasteiger partial charge in [-0.15, -0.1) is 0 Å². The molecule has 0 radical (unpaired) electrons. The van der Waals surface area contributed by atoms with Crippen LogP contribution in [0.3, 0.4) is 0 Å². The van der Waals surface area contributed by atoms with Gasteiger partial charge in [0.05, 0.1) is 18.1 Å². The molecule has 0 saturated carbocycles. The van der Waals surface area contributed by atoms with Crippen LogP contribution in [-0.4, -0.2) is 9.55 Å². The fourth-order valence-corrected chi connectivity index (χ4v) is 1.90. The van der Waals surface area contributed by atoms with Crippen molar-refractivity contribution in [2.75, 3.05) is 0 Å². The molecule has 86 valence electrons. The van der Waals surface area contributed by atoms with E-state index in [9.17, 15) is 0 Å². The summed E-state index contributed by atoms with van der Waals surface area (Å²) < 4.78 is 1.95. The molecule has 2 atom stereocenters. The van der Waals surface area contributed by atoms with Crippen molar-refractivity contribution in [3.05, 3.63) is 18.2 Å². The third-order valence-corrected chi connectivity index (χ3v) is 2.70. The van der Waals surface area contributed by atoms with Crippen LogP contribution in [0.4, 0.5) is 0 Å². The molecule has 0 aliphatic rings. The average Bonchev–Trinajstić information content (AvgIpc) is 2.61. The molecular weight excluding hydrogens is 188 g/mol. The topological polar surface area (TPSA) is 55.9 Å². The largest absolute Gasteiger partial charge is 0.340 e. The van der Waals surface area contributed by atoms with Crippen molar-refractivity contribution in [1.82, 2.24) is 15.0 Å². The molecule has 2 unspecified atom stereocenters. The summed E-state index contributed by atoms with van der Waals surface area (Å²) in [6.45, 7) is 4.47. The third kappa shape index (κ3) is 3.64. The van der Waals surface area contributed by atoms with Gasteiger partial charge in [-0.25, -0.2) is 4.98 Å². The normalized spacial score (nSPS) is 15.2. The van der Waals surface area contributed by atoms with Crippen LogP contribution in [0.5, 0.6) is 0 Å². The fourth-order valence-electron chi connectivity index (χ4n) is 1.90. The number of rotatable bonds is 6. The number of hydrogen-bond donors (Lipinski definition) is 2. The Bertz CT molecular complexity index is 282. The Hall–Kier alpha value is -0.870. The molecule has 4 heteroatoms. The van der Waals surface area contributed by atoms with Crippen LogP contribution in [0.25, 0.3) is 0 Å². The summed E-state index contributed by atoms with van der Waals surface area (Å²) >= 11 is 0. The van der Waals surface area contributed by atoms with E-state index in [-0.39, 0.29) is 6.04 Å². The van der Waals surface area contributed by atoms with Gasteiger partial charge in [-0.3, -0.25) is 11.3 Å². The van der Waals surface area contributed by atoms with Crippen molar-refractivity contribution in [3.63, 3.8) is 0 Å². The maximum absolute atomic E-state index is 5.56. The summed E-state index contributed by atoms with van der Waals surface area (Å²) in [7, 11) is 1.97. The van der Waals surface area contributed by atoms with E-state index >= 15 is 0 Å². The van der Waals surface area contributed by atoms with E-state index < -0.39 is 0 Å². The van der Waals surface area contributed by atoms with Crippen molar-refractivity contribution in [1.29, 1.82) is 0 Å². The average molecular weight is 210 g/mol. The van der Waals surface area contributed by atoms with Crippen molar-refractivity contribution in [2.24, 2.45) is 18.8 Å². The maximum Gasteiger partial charge on any atom is 0.0947 e. The van der Waals surface area contributed by atoms with Gasteiger partial charge in [-0.05, 0) is 12.3 Å². The standard InChI is InChI=1S/C11H22N4/c1-4-5-9(2)6-10(14-12)11-7-15(3)8-13-11/h7-10,14H,4-6,12H2,1-3H3. The Balaban J connectivity index is 2.56. The molecule has 3 N–H and O–H groups in total. The van der Waals surface area contributed by atoms with Crippen LogP contribution < -0.4 is 11.3 Å². The maximum atomic E-state index is 5.56. The number of nitrogens with two attached hydrogens (primary N) is 1. The Morgan fingerprint density at radius 3 is 2.80 bits per heavy atom. The van der Waals surface area contributed by atoms with E-state index in [4.69, 9.17) is 5.84 Å². The molecule has 1 heterocycles. The van der Waals surface area contributed by atoms with Crippen LogP contribution in [0.15, 0.2) is 12.5 Å². The number of aryl methyl sites for hydroxylation is 1. The Morgan fingerprint density at radius 2 is 2.33 bits per heavy atom. The number of imidazole rings is 1. The van der Waals surface area contributed by atoms with E-state index in [0.29, 0.717) is 5.92 Å². The minimum Gasteiger partial charge on any atom is -0.340 e. The molecular formula is C11H22N4. The lowest BCUT2D eigenvalue weighted by Gasteiger charge is -2.18. The molecule has 4 nitrogen and oxygen atoms in total. The summed E-state index contributed by atoms with van der Waals surface area (Å²) in [5.74, 6) is 6.24. The first-order valence-corrected chi connectivity index (χ1v) is 5.61. The van der Waals surface area contributed by atoms with Gasteiger partial charge in [0.2, 0.25) is 0 Å². The van der Waals surface area contributed by atoms with Crippen molar-refractivity contribution >= 4 is 0 Å². The highest BCUT2D eigenvalue weighted by Gasteiger charge is 2.15. The second-order valence-electron chi connectivity index (χ2n) is 4.31. The van der Waals surface area contributed by atoms with Gasteiger partial charge in [0.15, 0.2) is 0 Å². The summed E-state index contributed by atoms with van der Waals surface area (Å²) in [6, 6.07) is 0.174. The smallest absolute Gasteiger partial charge is 0.0947 e. The fraction of sp³-hybridized carbons (Fsp3) is 0.727. The molecule has 0 spiro atoms. The van der Waals surface area contributed by atoms with Gasteiger partial charge in [0.25, 0.3) is 0 Å². The number of aromatic nitrogens is 2. The van der Waals surface area contributed by atoms with E-state index in [1.807, 2.05) is 24.1 Å². The molecule has 1 aromatic heterocycles. The molecule has 15 heavy (non-hydrogen) atoms. The van der Waals surface area contributed by atoms with Gasteiger partial charge in [-0.2, -0.15) is 0 Å². The number of nitrogens with zero attached hydrogens (tertiary/aromatic N) is 2. The lowest BCUT2D eigenvalue weighted by atomic mass is 9.96. The van der Waals surface area contributed by atoms with E-state index in [2.05, 4.69) is 24.3 Å². The molecule has 0 saturated heterocycles. The van der Waals surface area contributed by atoms with Crippen molar-refractivity contribution in [2.45, 2.75) is 39.2 Å². The monoisotopic (exact) mass is 210 g/mol. The first-order valence-electron chi connectivity index (χ1n) is 5.61. The molecule has 0 aromatic carbocycles. The zero-order valence-corrected chi connectivity index (χ0v) is 9.90. The molecule has 0 amide bonds. The second-order valence-corrected chi connectivity index (χ2v) is 4.31. The molecule has 1 aromatic rings. The summed E-state index contributed by atoms with van der Waals surface area (Å²) in [5.41, 5.74) is 3.88. The zero-order chi connectivity index (χ0) is 11.3. The molecule has 0 fully saturated rings. The van der Waals surface area contributed by atoms with Crippen molar-refractivity contribution in [3.8, 4) is 0 Å². The number of hydrazine groups is 1. The minimum atomic E-state index is 0.174. The predicted octanol–water partition coefficient (Wildman–Crippen LogP) is 1.75. The quantitative estimate of drug-likeness (QED) is 0.555. The summed E-state index contributed by atoms with van der Waals surface area (Å²) in [5, 5.41) is 0. The van der Waals surface area contributed by atoms with Crippen LogP contribution in [0.1, 0.15) is 44.8 Å². The van der Waals surface area contributed by atoms with E-state index in [1.54, 1.807) is 0 Å². The van der Waals surface area contributed by atoms with Gasteiger partial charge >= 0.3 is 0 Å². The minimum absolute atomic E-state index is 0.174. The van der Waals surface area contributed by atoms with Gasteiger partial charge in [-0.1, -0.05) is 26.7 Å². The first kappa shape index (κ1) is 12.2. The highest BCUT2D eigenvalue weighted by atomic mass is 15.2. The van der Waals surface area contributed by atoms with Gasteiger partial charge < -0.3 is 4.57 Å². The Kier molecular flexibility index (Phi) is 4.78. The first-order chi connectivity index (χ1) is 7.17. The van der Waals surface area contributed by atoms with E-state index in [1.165, 1.54) is 12.8 Å². The summed E-state index contributed by atoms with van der Waals surface area (Å²) in [4.78, 5) is 4.32. The van der Waals surface area contributed by atoms with Crippen LogP contribution in [0.2, 0.25) is 0 Å². The van der Waals surface area contributed by atoms with Crippen LogP contribution in [0, 0.1) is 5.92 Å². The summed E-state index contributed by atoms with van der Waals surface area (Å²) in [6.07, 6.45) is 7.33. The molecule has 0 aliphatic carbocycles. The Labute approximate surface area is 91.8 Å². The molecule has 0 bridgehead atoms. The highest BCUT2D eigenvalue weighted by molar-refractivity contribution is 5.03. The molecule has 0 aliphatic heterocycles. The number of nitrogens with one attached hydrogen (secondary N) is 1. The molecule has 1 rings (SSSR count). The van der Waals surface area contributed by atoms with E-state index in [0.717, 1.165) is 12.1 Å². The third-order valence-electron chi connectivity index (χ3n) is 2.70. The van der Waals surface area contributed by atoms with Crippen LogP contribution >= 0.6 is 0 Å². The highest BCUT2D eigenvalue weighted by Crippen LogP contribution is 2.21. The second kappa shape index (κ2) is 5.88. The van der Waals surface area contributed by atoms with Gasteiger partial charge in [0.1, 0.15) is 0 Å². The SMILES string of the molecule is CCCC(C)CC(NN)c1cn(C)cn1. The van der Waals surface area contributed by atoms with Crippen LogP contribution in [-0.2, 0) is 7.05 Å². The number of hydrogen-bond acceptors (Lipinski definition) is 3. The lowest BCUT2D eigenvalue weighted by molar-refractivity contribution is 0.390. The lowest BCUT2D eigenvalue weighted by Crippen LogP contribution is -2.29. The van der Waals surface area contributed by atoms with Crippen molar-refractivity contribution < 1.29 is 0 Å². The predicted molar refractivity (Wildman–Crippen MR) is 62.0 cm³/mol. The van der Waals surface area contributed by atoms with Gasteiger partial charge in [0, 0.05) is 13.2 Å². The zero-order valence-electron chi connectivity index (χ0n) is 9.90. The Morgan fingerprint density at radius 1 is 1.60 bits per heavy atom.